The third-order valence-electron chi connectivity index (χ3n) is 10.2. The lowest BCUT2D eigenvalue weighted by atomic mass is 9.65. The van der Waals surface area contributed by atoms with Gasteiger partial charge in [-0.1, -0.05) is 29.4 Å². The first-order valence-electron chi connectivity index (χ1n) is 16.5. The van der Waals surface area contributed by atoms with Gasteiger partial charge in [0.2, 0.25) is 11.4 Å². The Morgan fingerprint density at radius 1 is 0.827 bits per heavy atom. The highest BCUT2D eigenvalue weighted by Crippen LogP contribution is 2.61. The first-order chi connectivity index (χ1) is 24.6. The van der Waals surface area contributed by atoms with Crippen LogP contribution in [0, 0.1) is 5.92 Å². The van der Waals surface area contributed by atoms with Gasteiger partial charge < -0.3 is 50.3 Å². The molecule has 3 aliphatic rings. The van der Waals surface area contributed by atoms with Crippen LogP contribution in [-0.4, -0.2) is 58.2 Å². The number of aliphatic hydroxyl groups is 1. The molecule has 0 bridgehead atoms. The molecule has 12 nitrogen and oxygen atoms in total. The number of aromatic hydroxyl groups is 7. The van der Waals surface area contributed by atoms with Crippen LogP contribution in [0.1, 0.15) is 82.9 Å². The van der Waals surface area contributed by atoms with E-state index in [4.69, 9.17) is 9.47 Å². The minimum absolute atomic E-state index is 0.0310. The van der Waals surface area contributed by atoms with E-state index in [1.165, 1.54) is 42.5 Å². The van der Waals surface area contributed by atoms with Crippen LogP contribution in [0.25, 0.3) is 0 Å². The molecule has 5 atom stereocenters. The smallest absolute Gasteiger partial charge is 0.318 e. The van der Waals surface area contributed by atoms with Crippen molar-refractivity contribution in [3.05, 3.63) is 112 Å². The number of phenolic OH excluding ortho intramolecular Hbond substituents is 7. The zero-order valence-electron chi connectivity index (χ0n) is 28.3. The van der Waals surface area contributed by atoms with Crippen LogP contribution >= 0.6 is 0 Å². The molecule has 3 unspecified atom stereocenters. The fourth-order valence-corrected chi connectivity index (χ4v) is 7.85. The van der Waals surface area contributed by atoms with Gasteiger partial charge in [0.05, 0.1) is 5.56 Å². The number of hydrogen-bond donors (Lipinski definition) is 8. The molecule has 0 amide bonds. The van der Waals surface area contributed by atoms with E-state index in [0.29, 0.717) is 5.57 Å². The first kappa shape index (κ1) is 34.3. The molecular weight excluding hydrogens is 672 g/mol. The Balaban J connectivity index is 1.43. The molecule has 2 heterocycles. The summed E-state index contributed by atoms with van der Waals surface area (Å²) in [5.41, 5.74) is -0.891. The van der Waals surface area contributed by atoms with Gasteiger partial charge in [-0.25, -0.2) is 0 Å². The summed E-state index contributed by atoms with van der Waals surface area (Å²) in [6.07, 6.45) is 3.48. The summed E-state index contributed by atoms with van der Waals surface area (Å²) in [6, 6.07) is 12.5. The average molecular weight is 709 g/mol. The maximum absolute atomic E-state index is 14.6. The molecule has 268 valence electrons. The minimum Gasteiger partial charge on any atom is -0.508 e. The Hall–Kier alpha value is -6.14. The van der Waals surface area contributed by atoms with Crippen LogP contribution < -0.4 is 9.47 Å². The van der Waals surface area contributed by atoms with Gasteiger partial charge in [-0.3, -0.25) is 9.59 Å². The predicted octanol–water partition coefficient (Wildman–Crippen LogP) is 6.25. The monoisotopic (exact) mass is 708 g/mol. The van der Waals surface area contributed by atoms with Crippen molar-refractivity contribution in [1.29, 1.82) is 0 Å². The normalized spacial score (nSPS) is 24.4. The second-order valence-corrected chi connectivity index (χ2v) is 13.9. The number of rotatable bonds is 6. The van der Waals surface area contributed by atoms with Crippen molar-refractivity contribution in [2.75, 3.05) is 0 Å². The topological polar surface area (TPSA) is 214 Å². The third-order valence-corrected chi connectivity index (χ3v) is 10.2. The lowest BCUT2D eigenvalue weighted by Crippen LogP contribution is -2.62. The maximum Gasteiger partial charge on any atom is 0.318 e. The molecule has 8 N–H and O–H groups in total. The summed E-state index contributed by atoms with van der Waals surface area (Å²) in [5.74, 6) is -11.1. The Labute approximate surface area is 297 Å². The van der Waals surface area contributed by atoms with Crippen molar-refractivity contribution < 1.29 is 59.9 Å². The van der Waals surface area contributed by atoms with Crippen molar-refractivity contribution in [1.82, 2.24) is 0 Å². The summed E-state index contributed by atoms with van der Waals surface area (Å²) < 4.78 is 12.3. The standard InChI is InChI=1S/C40H36O12/c1-18(2)10-11-39-27-9-6-22(43)16-31(27)52-40(39,50)38(49)35-32(51-39)17-30(46)34(37(35)48)26-13-19(3)12-25(23-7-4-20(41)14-28(23)44)33(26)36(47)24-8-5-21(42)15-29(24)45/h4-10,13-17,25-26,33,41-46,48,50H,11-12H2,1-3H3/t25?,26-,33+,39?,40?/m0/s1. The SMILES string of the molecule is CC(C)=CCC12Oc3cc(O)c([C@H]4C=C(C)CC(c5ccc(O)cc5O)[C@H]4C(=O)c4ccc(O)cc4O)c(O)c3C(=O)C1(O)Oc1cc(O)ccc12. The summed E-state index contributed by atoms with van der Waals surface area (Å²) in [5, 5.41) is 87.8. The lowest BCUT2D eigenvalue weighted by molar-refractivity contribution is -0.201. The Morgan fingerprint density at radius 2 is 1.48 bits per heavy atom. The van der Waals surface area contributed by atoms with Crippen LogP contribution in [0.3, 0.4) is 0 Å². The van der Waals surface area contributed by atoms with Crippen LogP contribution in [0.5, 0.6) is 51.7 Å². The van der Waals surface area contributed by atoms with Crippen molar-refractivity contribution in [2.24, 2.45) is 5.92 Å². The molecule has 0 fully saturated rings. The second-order valence-electron chi connectivity index (χ2n) is 13.9. The van der Waals surface area contributed by atoms with Gasteiger partial charge in [0.15, 0.2) is 5.78 Å². The second kappa shape index (κ2) is 12.0. The van der Waals surface area contributed by atoms with E-state index in [9.17, 15) is 50.4 Å². The van der Waals surface area contributed by atoms with Gasteiger partial charge in [0.25, 0.3) is 0 Å². The fourth-order valence-electron chi connectivity index (χ4n) is 7.85. The zero-order chi connectivity index (χ0) is 37.4. The van der Waals surface area contributed by atoms with Gasteiger partial charge in [-0.05, 0) is 63.1 Å². The maximum atomic E-state index is 14.6. The largest absolute Gasteiger partial charge is 0.508 e. The number of phenols is 7. The van der Waals surface area contributed by atoms with E-state index in [1.807, 2.05) is 13.8 Å². The van der Waals surface area contributed by atoms with Crippen LogP contribution in [0.4, 0.5) is 0 Å². The molecule has 1 aliphatic carbocycles. The molecule has 2 aliphatic heterocycles. The Kier molecular flexibility index (Phi) is 7.91. The van der Waals surface area contributed by atoms with E-state index in [0.717, 1.165) is 23.8 Å². The first-order valence-corrected chi connectivity index (χ1v) is 16.5. The Morgan fingerprint density at radius 3 is 2.15 bits per heavy atom. The van der Waals surface area contributed by atoms with Crippen LogP contribution in [-0.2, 0) is 5.60 Å². The number of hydrogen-bond acceptors (Lipinski definition) is 12. The molecule has 4 aromatic rings. The van der Waals surface area contributed by atoms with Crippen LogP contribution in [0.15, 0.2) is 84.0 Å². The summed E-state index contributed by atoms with van der Waals surface area (Å²) >= 11 is 0. The molecule has 0 saturated carbocycles. The molecule has 0 spiro atoms. The minimum atomic E-state index is -2.75. The van der Waals surface area contributed by atoms with Crippen molar-refractivity contribution in [2.45, 2.75) is 56.8 Å². The number of ether oxygens (including phenoxy) is 2. The highest BCUT2D eigenvalue weighted by atomic mass is 16.7. The number of Topliss-reactive ketones (excluding diaryl/α,β-unsaturated/α-hetero) is 2. The Bertz CT molecular complexity index is 2250. The molecule has 0 radical (unpaired) electrons. The van der Waals surface area contributed by atoms with Gasteiger partial charge in [-0.15, -0.1) is 0 Å². The molecule has 52 heavy (non-hydrogen) atoms. The lowest BCUT2D eigenvalue weighted by Gasteiger charge is -2.43. The number of carbonyl (C=O) groups is 2. The highest BCUT2D eigenvalue weighted by molar-refractivity contribution is 6.09. The number of ketones is 2. The molecule has 0 saturated heterocycles. The molecule has 0 aromatic heterocycles. The van der Waals surface area contributed by atoms with Crippen molar-refractivity contribution in [3.8, 4) is 51.7 Å². The number of carbonyl (C=O) groups excluding carboxylic acids is 2. The van der Waals surface area contributed by atoms with E-state index in [2.05, 4.69) is 0 Å². The fraction of sp³-hybridized carbons (Fsp3) is 0.250. The van der Waals surface area contributed by atoms with Gasteiger partial charge in [-0.2, -0.15) is 0 Å². The molecule has 4 aromatic carbocycles. The molecule has 7 rings (SSSR count). The van der Waals surface area contributed by atoms with Crippen LogP contribution in [0.2, 0.25) is 0 Å². The van der Waals surface area contributed by atoms with Gasteiger partial charge in [0, 0.05) is 59.6 Å². The predicted molar refractivity (Wildman–Crippen MR) is 185 cm³/mol. The summed E-state index contributed by atoms with van der Waals surface area (Å²) in [4.78, 5) is 29.1. The van der Waals surface area contributed by atoms with Crippen molar-refractivity contribution >= 4 is 11.6 Å². The number of benzene rings is 4. The summed E-state index contributed by atoms with van der Waals surface area (Å²) in [6.45, 7) is 5.37. The quantitative estimate of drug-likeness (QED) is 0.0824. The van der Waals surface area contributed by atoms with E-state index in [1.54, 1.807) is 19.1 Å². The average Bonchev–Trinajstić information content (AvgIpc) is 3.30. The van der Waals surface area contributed by atoms with Gasteiger partial charge in [0.1, 0.15) is 57.3 Å². The van der Waals surface area contributed by atoms with E-state index in [-0.39, 0.29) is 69.6 Å². The third kappa shape index (κ3) is 5.09. The number of allylic oxidation sites excluding steroid dienone is 3. The zero-order valence-corrected chi connectivity index (χ0v) is 28.3. The number of fused-ring (bicyclic) bond motifs is 4. The van der Waals surface area contributed by atoms with Gasteiger partial charge >= 0.3 is 5.79 Å². The summed E-state index contributed by atoms with van der Waals surface area (Å²) in [7, 11) is 0. The highest BCUT2D eigenvalue weighted by Gasteiger charge is 2.70. The van der Waals surface area contributed by atoms with Crippen molar-refractivity contribution in [3.63, 3.8) is 0 Å². The molecular formula is C40H36O12. The van der Waals surface area contributed by atoms with E-state index < -0.39 is 63.5 Å². The van der Waals surface area contributed by atoms with E-state index >= 15 is 0 Å². The molecule has 12 heteroatoms.